The van der Waals surface area contributed by atoms with Crippen molar-refractivity contribution in [2.24, 2.45) is 5.41 Å². The maximum absolute atomic E-state index is 15.4. The molecule has 48 heavy (non-hydrogen) atoms. The second kappa shape index (κ2) is 10.9. The van der Waals surface area contributed by atoms with Crippen LogP contribution in [-0.4, -0.2) is 109 Å². The molecule has 1 saturated carbocycles. The van der Waals surface area contributed by atoms with Gasteiger partial charge in [-0.2, -0.15) is 9.67 Å². The molecule has 3 saturated heterocycles. The number of nitrogen functional groups attached to an aromatic ring is 2. The maximum atomic E-state index is 15.4. The predicted octanol–water partition coefficient (Wildman–Crippen LogP) is -1.05. The summed E-state index contributed by atoms with van der Waals surface area (Å²) in [6, 6.07) is 0. The van der Waals surface area contributed by atoms with Gasteiger partial charge in [0.1, 0.15) is 30.7 Å². The minimum Gasteiger partial charge on any atom is -0.386 e. The number of halogens is 2. The van der Waals surface area contributed by atoms with Crippen molar-refractivity contribution >= 4 is 71.1 Å². The van der Waals surface area contributed by atoms with Gasteiger partial charge < -0.3 is 44.9 Å². The van der Waals surface area contributed by atoms with E-state index in [1.165, 1.54) is 4.57 Å². The molecule has 2 bridgehead atoms. The van der Waals surface area contributed by atoms with Gasteiger partial charge in [0, 0.05) is 6.42 Å². The summed E-state index contributed by atoms with van der Waals surface area (Å²) in [5, 5.41) is 19.2. The molecule has 0 radical (unpaired) electrons. The van der Waals surface area contributed by atoms with Crippen LogP contribution in [0.3, 0.4) is 0 Å². The van der Waals surface area contributed by atoms with Gasteiger partial charge in [0.25, 0.3) is 11.5 Å². The van der Waals surface area contributed by atoms with Gasteiger partial charge >= 0.3 is 13.4 Å². The first kappa shape index (κ1) is 32.4. The van der Waals surface area contributed by atoms with Crippen molar-refractivity contribution in [1.82, 2.24) is 44.5 Å². The highest BCUT2D eigenvalue weighted by atomic mass is 32.5. The molecule has 3 aliphatic heterocycles. The van der Waals surface area contributed by atoms with E-state index >= 15 is 8.78 Å². The summed E-state index contributed by atoms with van der Waals surface area (Å²) in [5.74, 6) is -3.73. The summed E-state index contributed by atoms with van der Waals surface area (Å²) in [7, 11) is 0. The molecule has 0 amide bonds. The minimum atomic E-state index is -4.47. The number of aliphatic hydroxyl groups is 1. The lowest BCUT2D eigenvalue weighted by atomic mass is 9.94. The van der Waals surface area contributed by atoms with Gasteiger partial charge in [-0.1, -0.05) is 5.21 Å². The van der Waals surface area contributed by atoms with Crippen LogP contribution >= 0.6 is 13.4 Å². The number of nitrogens with zero attached hydrogens (tertiary/aromatic N) is 8. The Kier molecular flexibility index (Phi) is 7.34. The van der Waals surface area contributed by atoms with Crippen LogP contribution in [0.4, 0.5) is 20.5 Å². The molecule has 4 aromatic heterocycles. The predicted molar refractivity (Wildman–Crippen MR) is 161 cm³/mol. The second-order valence-electron chi connectivity index (χ2n) is 11.4. The number of rotatable bonds is 2. The molecule has 10 atom stereocenters. The van der Waals surface area contributed by atoms with E-state index in [-0.39, 0.29) is 34.1 Å². The van der Waals surface area contributed by atoms with Crippen LogP contribution in [0.15, 0.2) is 17.4 Å². The summed E-state index contributed by atoms with van der Waals surface area (Å²) in [6.07, 6.45) is -9.27. The first-order valence-electron chi connectivity index (χ1n) is 13.8. The van der Waals surface area contributed by atoms with Crippen LogP contribution in [0.1, 0.15) is 18.9 Å². The zero-order valence-corrected chi connectivity index (χ0v) is 27.1. The molecule has 0 aromatic carbocycles. The molecule has 21 nitrogen and oxygen atoms in total. The fourth-order valence-electron chi connectivity index (χ4n) is 6.28. The Hall–Kier alpha value is -2.77. The number of imidazole rings is 1. The van der Waals surface area contributed by atoms with Crippen molar-refractivity contribution in [2.75, 3.05) is 24.7 Å². The van der Waals surface area contributed by atoms with E-state index < -0.39 is 92.9 Å². The van der Waals surface area contributed by atoms with Crippen molar-refractivity contribution in [2.45, 2.75) is 55.3 Å². The number of aliphatic hydroxyl groups excluding tert-OH is 1. The van der Waals surface area contributed by atoms with Crippen molar-refractivity contribution in [3.63, 3.8) is 0 Å². The number of ether oxygens (including phenoxy) is 2. The Morgan fingerprint density at radius 1 is 1.02 bits per heavy atom. The quantitative estimate of drug-likeness (QED) is 0.133. The van der Waals surface area contributed by atoms with Crippen molar-refractivity contribution in [3.8, 4) is 0 Å². The molecule has 258 valence electrons. The summed E-state index contributed by atoms with van der Waals surface area (Å²) >= 11 is 10.5. The first-order valence-corrected chi connectivity index (χ1v) is 19.0. The lowest BCUT2D eigenvalue weighted by Gasteiger charge is -2.28. The molecule has 2 unspecified atom stereocenters. The Bertz CT molecular complexity index is 2120. The molecule has 8 N–H and O–H groups in total. The minimum absolute atomic E-state index is 0.00171. The van der Waals surface area contributed by atoms with E-state index in [4.69, 9.17) is 62.6 Å². The largest absolute Gasteiger partial charge is 0.386 e. The lowest BCUT2D eigenvalue weighted by molar-refractivity contribution is -0.0647. The molecule has 4 aliphatic rings. The number of H-pyrrole nitrogens is 1. The Labute approximate surface area is 275 Å². The zero-order chi connectivity index (χ0) is 34.0. The van der Waals surface area contributed by atoms with Crippen LogP contribution in [0.5, 0.6) is 0 Å². The van der Waals surface area contributed by atoms with E-state index in [0.29, 0.717) is 0 Å². The normalized spacial score (nSPS) is 39.6. The number of hydrogen-bond acceptors (Lipinski definition) is 18. The molecular weight excluding hydrogens is 730 g/mol. The molecule has 8 rings (SSSR count). The number of aromatic nitrogens is 9. The van der Waals surface area contributed by atoms with Gasteiger partial charge in [-0.25, -0.2) is 23.7 Å². The van der Waals surface area contributed by atoms with E-state index in [0.717, 1.165) is 17.3 Å². The molecule has 27 heteroatoms. The van der Waals surface area contributed by atoms with Crippen molar-refractivity contribution in [1.29, 1.82) is 0 Å². The maximum Gasteiger partial charge on any atom is 0.325 e. The van der Waals surface area contributed by atoms with Gasteiger partial charge in [-0.3, -0.25) is 23.4 Å². The number of nitrogens with one attached hydrogen (secondary N) is 1. The van der Waals surface area contributed by atoms with Gasteiger partial charge in [-0.15, -0.1) is 5.10 Å². The second-order valence-corrected chi connectivity index (χ2v) is 16.9. The van der Waals surface area contributed by atoms with Crippen LogP contribution in [0.25, 0.3) is 22.3 Å². The monoisotopic (exact) mass is 753 g/mol. The number of alkyl halides is 2. The third-order valence-corrected chi connectivity index (χ3v) is 11.7. The van der Waals surface area contributed by atoms with Crippen molar-refractivity contribution < 1.29 is 51.2 Å². The van der Waals surface area contributed by atoms with Crippen LogP contribution < -0.4 is 17.0 Å². The number of anilines is 2. The van der Waals surface area contributed by atoms with E-state index in [9.17, 15) is 19.7 Å². The molecule has 1 spiro atoms. The highest BCUT2D eigenvalue weighted by molar-refractivity contribution is 8.07. The Morgan fingerprint density at radius 2 is 1.75 bits per heavy atom. The molecular formula is C21H23F2N11O10P2S2. The van der Waals surface area contributed by atoms with E-state index in [1.807, 2.05) is 0 Å². The van der Waals surface area contributed by atoms with Gasteiger partial charge in [0.15, 0.2) is 40.6 Å². The summed E-state index contributed by atoms with van der Waals surface area (Å²) in [6.45, 7) is -10.3. The number of fused-ring (bicyclic) bond motifs is 3. The Morgan fingerprint density at radius 3 is 2.50 bits per heavy atom. The fraction of sp³-hybridized carbons (Fsp3) is 0.571. The van der Waals surface area contributed by atoms with Gasteiger partial charge in [0.2, 0.25) is 5.95 Å². The highest BCUT2D eigenvalue weighted by Crippen LogP contribution is 2.73. The van der Waals surface area contributed by atoms with E-state index in [2.05, 4.69) is 35.2 Å². The Balaban J connectivity index is 1.15. The first-order chi connectivity index (χ1) is 22.6. The van der Waals surface area contributed by atoms with Crippen LogP contribution in [-0.2, 0) is 51.2 Å². The SMILES string of the molecule is Nc1nc2c(ncn2[C@@H]2O[C@@H]3COP(O)(=S)O[C@H]4[C@H](n5nnc6c(N)ncnc65)O[C@H](COP(O)(=S)O[C@H]3[C@H]2O)[C@]42CC2(F)F)c(=O)[nH]1. The molecule has 1 aliphatic carbocycles. The van der Waals surface area contributed by atoms with Crippen molar-refractivity contribution in [3.05, 3.63) is 23.0 Å². The van der Waals surface area contributed by atoms with Crippen LogP contribution in [0, 0.1) is 5.41 Å². The van der Waals surface area contributed by atoms with Gasteiger partial charge in [-0.05, 0) is 23.6 Å². The molecule has 7 heterocycles. The lowest BCUT2D eigenvalue weighted by Crippen LogP contribution is -2.37. The van der Waals surface area contributed by atoms with Crippen LogP contribution in [0.2, 0.25) is 0 Å². The standard InChI is InChI=1S/C21H23F2N11O10P2S2/c22-21(23)3-20(21)7-2-40-45(37,47)43-11-6(41-17(10(11)35)33-5-28-9-15(33)29-19(25)30-16(9)36)1-39-46(38,48)44-12(20)18(42-7)34-14-8(31-32-34)13(24)26-4-27-14/h4-7,10-12,17-18,35H,1-3H2,(H,37,47)(H,38,48)(H2,24,26,27)(H3,25,29,30,36)/t6-,7-,10-,11-,12+,17-,18-,20-,45?,46?/m1/s1. The van der Waals surface area contributed by atoms with E-state index in [1.54, 1.807) is 0 Å². The summed E-state index contributed by atoms with van der Waals surface area (Å²) in [5.41, 5.74) is 8.58. The average Bonchev–Trinajstić information content (AvgIpc) is 3.49. The third kappa shape index (κ3) is 5.00. The summed E-state index contributed by atoms with van der Waals surface area (Å²) < 4.78 is 67.5. The highest BCUT2D eigenvalue weighted by Gasteiger charge is 2.84. The fourth-order valence-corrected chi connectivity index (χ4v) is 9.15. The molecule has 4 fully saturated rings. The molecule has 4 aromatic rings. The average molecular weight is 754 g/mol. The summed E-state index contributed by atoms with van der Waals surface area (Å²) in [4.78, 5) is 52.9. The number of hydrogen-bond donors (Lipinski definition) is 6. The number of nitrogens with two attached hydrogens (primary N) is 2. The zero-order valence-electron chi connectivity index (χ0n) is 23.7. The van der Waals surface area contributed by atoms with Gasteiger partial charge in [0.05, 0.1) is 31.1 Å². The smallest absolute Gasteiger partial charge is 0.325 e. The number of aromatic amines is 1. The topological polar surface area (TPSA) is 288 Å². The third-order valence-electron chi connectivity index (χ3n) is 8.57.